The summed E-state index contributed by atoms with van der Waals surface area (Å²) < 4.78 is 6.16. The minimum atomic E-state index is -0.163. The van der Waals surface area contributed by atoms with Crippen molar-refractivity contribution >= 4 is 0 Å². The van der Waals surface area contributed by atoms with E-state index in [-0.39, 0.29) is 11.1 Å². The molecule has 0 radical (unpaired) electrons. The first-order valence-corrected chi connectivity index (χ1v) is 7.11. The molecule has 1 fully saturated rings. The maximum absolute atomic E-state index is 6.66. The summed E-state index contributed by atoms with van der Waals surface area (Å²) in [5.41, 5.74) is 8.99. The van der Waals surface area contributed by atoms with Gasteiger partial charge in [0.2, 0.25) is 0 Å². The molecule has 18 heavy (non-hydrogen) atoms. The lowest BCUT2D eigenvalue weighted by atomic mass is 9.76. The van der Waals surface area contributed by atoms with Crippen LogP contribution in [0.4, 0.5) is 0 Å². The topological polar surface area (TPSA) is 35.2 Å². The van der Waals surface area contributed by atoms with E-state index in [1.54, 1.807) is 0 Å². The molecule has 0 unspecified atom stereocenters. The molecule has 1 aromatic carbocycles. The zero-order chi connectivity index (χ0) is 12.8. The van der Waals surface area contributed by atoms with Gasteiger partial charge in [0.1, 0.15) is 11.4 Å². The number of nitrogens with two attached hydrogens (primary N) is 1. The molecule has 0 spiro atoms. The molecule has 1 aliphatic carbocycles. The SMILES string of the molecule is CC1(C)Cc2cccc(C3(N)CCCCC3)c2O1. The highest BCUT2D eigenvalue weighted by atomic mass is 16.5. The summed E-state index contributed by atoms with van der Waals surface area (Å²) in [6.45, 7) is 4.31. The first kappa shape index (κ1) is 12.0. The number of benzene rings is 1. The number of ether oxygens (including phenoxy) is 1. The van der Waals surface area contributed by atoms with E-state index in [0.717, 1.165) is 25.0 Å². The van der Waals surface area contributed by atoms with Crippen molar-refractivity contribution in [1.29, 1.82) is 0 Å². The van der Waals surface area contributed by atoms with E-state index in [4.69, 9.17) is 10.5 Å². The lowest BCUT2D eigenvalue weighted by Crippen LogP contribution is -2.39. The Kier molecular flexibility index (Phi) is 2.67. The maximum atomic E-state index is 6.66. The molecule has 0 amide bonds. The van der Waals surface area contributed by atoms with Gasteiger partial charge in [-0.25, -0.2) is 0 Å². The molecule has 0 saturated heterocycles. The fourth-order valence-corrected chi connectivity index (χ4v) is 3.46. The van der Waals surface area contributed by atoms with E-state index >= 15 is 0 Å². The molecule has 2 nitrogen and oxygen atoms in total. The van der Waals surface area contributed by atoms with E-state index < -0.39 is 0 Å². The summed E-state index contributed by atoms with van der Waals surface area (Å²) in [6.07, 6.45) is 6.97. The smallest absolute Gasteiger partial charge is 0.128 e. The van der Waals surface area contributed by atoms with Gasteiger partial charge in [-0.2, -0.15) is 0 Å². The van der Waals surface area contributed by atoms with E-state index in [9.17, 15) is 0 Å². The molecular weight excluding hydrogens is 222 g/mol. The molecule has 0 atom stereocenters. The van der Waals surface area contributed by atoms with E-state index in [0.29, 0.717) is 0 Å². The summed E-state index contributed by atoms with van der Waals surface area (Å²) in [4.78, 5) is 0. The maximum Gasteiger partial charge on any atom is 0.128 e. The van der Waals surface area contributed by atoms with Crippen LogP contribution in [0.1, 0.15) is 57.1 Å². The van der Waals surface area contributed by atoms with Gasteiger partial charge in [0.25, 0.3) is 0 Å². The number of para-hydroxylation sites is 1. The molecule has 0 aromatic heterocycles. The normalized spacial score (nSPS) is 24.4. The van der Waals surface area contributed by atoms with Crippen LogP contribution in [0.3, 0.4) is 0 Å². The fraction of sp³-hybridized carbons (Fsp3) is 0.625. The van der Waals surface area contributed by atoms with Gasteiger partial charge in [-0.3, -0.25) is 0 Å². The second-order valence-corrected chi connectivity index (χ2v) is 6.55. The van der Waals surface area contributed by atoms with Gasteiger partial charge >= 0.3 is 0 Å². The van der Waals surface area contributed by atoms with Crippen LogP contribution in [-0.4, -0.2) is 5.60 Å². The highest BCUT2D eigenvalue weighted by molar-refractivity contribution is 5.49. The third-order valence-electron chi connectivity index (χ3n) is 4.37. The summed E-state index contributed by atoms with van der Waals surface area (Å²) in [5, 5.41) is 0. The van der Waals surface area contributed by atoms with Gasteiger partial charge in [-0.1, -0.05) is 37.5 Å². The second-order valence-electron chi connectivity index (χ2n) is 6.55. The van der Waals surface area contributed by atoms with Crippen LogP contribution < -0.4 is 10.5 Å². The van der Waals surface area contributed by atoms with Crippen LogP contribution in [0.15, 0.2) is 18.2 Å². The minimum absolute atomic E-state index is 0.0799. The van der Waals surface area contributed by atoms with Crippen molar-refractivity contribution in [1.82, 2.24) is 0 Å². The predicted molar refractivity (Wildman–Crippen MR) is 73.8 cm³/mol. The van der Waals surface area contributed by atoms with E-state index in [1.807, 2.05) is 0 Å². The molecule has 1 heterocycles. The predicted octanol–water partition coefficient (Wildman–Crippen LogP) is 3.52. The van der Waals surface area contributed by atoms with Crippen LogP contribution in [0, 0.1) is 0 Å². The first-order valence-electron chi connectivity index (χ1n) is 7.11. The lowest BCUT2D eigenvalue weighted by molar-refractivity contribution is 0.133. The molecule has 0 bridgehead atoms. The Morgan fingerprint density at radius 2 is 1.83 bits per heavy atom. The largest absolute Gasteiger partial charge is 0.487 e. The third-order valence-corrected chi connectivity index (χ3v) is 4.37. The van der Waals surface area contributed by atoms with Crippen molar-refractivity contribution < 1.29 is 4.74 Å². The van der Waals surface area contributed by atoms with E-state index in [2.05, 4.69) is 32.0 Å². The average Bonchev–Trinajstić information content (AvgIpc) is 2.63. The second kappa shape index (κ2) is 3.99. The lowest BCUT2D eigenvalue weighted by Gasteiger charge is -2.35. The number of hydrogen-bond donors (Lipinski definition) is 1. The van der Waals surface area contributed by atoms with Crippen molar-refractivity contribution in [2.24, 2.45) is 5.73 Å². The highest BCUT2D eigenvalue weighted by Crippen LogP contribution is 2.45. The quantitative estimate of drug-likeness (QED) is 0.821. The summed E-state index contributed by atoms with van der Waals surface area (Å²) >= 11 is 0. The molecule has 1 aliphatic heterocycles. The zero-order valence-electron chi connectivity index (χ0n) is 11.5. The van der Waals surface area contributed by atoms with Crippen molar-refractivity contribution in [2.45, 2.75) is 63.5 Å². The Balaban J connectivity index is 2.02. The monoisotopic (exact) mass is 245 g/mol. The van der Waals surface area contributed by atoms with Gasteiger partial charge in [0.05, 0.1) is 0 Å². The zero-order valence-corrected chi connectivity index (χ0v) is 11.5. The third kappa shape index (κ3) is 1.93. The van der Waals surface area contributed by atoms with Crippen LogP contribution in [-0.2, 0) is 12.0 Å². The number of fused-ring (bicyclic) bond motifs is 1. The van der Waals surface area contributed by atoms with E-state index in [1.165, 1.54) is 30.4 Å². The number of hydrogen-bond acceptors (Lipinski definition) is 2. The summed E-state index contributed by atoms with van der Waals surface area (Å²) in [7, 11) is 0. The van der Waals surface area contributed by atoms with Crippen molar-refractivity contribution in [3.8, 4) is 5.75 Å². The Hall–Kier alpha value is -1.02. The number of rotatable bonds is 1. The summed E-state index contributed by atoms with van der Waals surface area (Å²) in [5.74, 6) is 1.08. The molecule has 1 saturated carbocycles. The van der Waals surface area contributed by atoms with Crippen molar-refractivity contribution in [3.05, 3.63) is 29.3 Å². The molecule has 3 rings (SSSR count). The molecule has 2 aliphatic rings. The standard InChI is InChI=1S/C16H23NO/c1-15(2)11-12-7-6-8-13(14(12)18-15)16(17)9-4-3-5-10-16/h6-8H,3-5,9-11,17H2,1-2H3. The molecule has 2 heteroatoms. The van der Waals surface area contributed by atoms with Crippen LogP contribution in [0.25, 0.3) is 0 Å². The Morgan fingerprint density at radius 1 is 1.11 bits per heavy atom. The fourth-order valence-electron chi connectivity index (χ4n) is 3.46. The Bertz CT molecular complexity index is 458. The first-order chi connectivity index (χ1) is 8.50. The van der Waals surface area contributed by atoms with Crippen LogP contribution in [0.5, 0.6) is 5.75 Å². The van der Waals surface area contributed by atoms with Gasteiger partial charge in [0.15, 0.2) is 0 Å². The molecular formula is C16H23NO. The van der Waals surface area contributed by atoms with Crippen LogP contribution in [0.2, 0.25) is 0 Å². The molecule has 98 valence electrons. The van der Waals surface area contributed by atoms with Crippen molar-refractivity contribution in [3.63, 3.8) is 0 Å². The van der Waals surface area contributed by atoms with Gasteiger partial charge in [0, 0.05) is 17.5 Å². The highest BCUT2D eigenvalue weighted by Gasteiger charge is 2.38. The average molecular weight is 245 g/mol. The van der Waals surface area contributed by atoms with Crippen molar-refractivity contribution in [2.75, 3.05) is 0 Å². The van der Waals surface area contributed by atoms with Gasteiger partial charge in [-0.05, 0) is 32.3 Å². The minimum Gasteiger partial charge on any atom is -0.487 e. The molecule has 2 N–H and O–H groups in total. The Morgan fingerprint density at radius 3 is 2.56 bits per heavy atom. The Labute approximate surface area is 110 Å². The summed E-state index contributed by atoms with van der Waals surface area (Å²) in [6, 6.07) is 6.49. The van der Waals surface area contributed by atoms with Gasteiger partial charge < -0.3 is 10.5 Å². The molecule has 1 aromatic rings. The van der Waals surface area contributed by atoms with Gasteiger partial charge in [-0.15, -0.1) is 0 Å². The van der Waals surface area contributed by atoms with Crippen LogP contribution >= 0.6 is 0 Å².